The average Bonchev–Trinajstić information content (AvgIpc) is 3.51. The van der Waals surface area contributed by atoms with Crippen molar-refractivity contribution in [1.82, 2.24) is 27.5 Å². The predicted molar refractivity (Wildman–Crippen MR) is 135 cm³/mol. The van der Waals surface area contributed by atoms with Gasteiger partial charge in [0.25, 0.3) is 0 Å². The van der Waals surface area contributed by atoms with Crippen LogP contribution >= 0.6 is 47.0 Å². The van der Waals surface area contributed by atoms with Crippen LogP contribution in [0.4, 0.5) is 0 Å². The average molecular weight is 501 g/mol. The first-order valence-electron chi connectivity index (χ1n) is 10.6. The molecule has 0 aromatic carbocycles. The molecule has 4 aromatic heterocycles. The first-order chi connectivity index (χ1) is 15.9. The summed E-state index contributed by atoms with van der Waals surface area (Å²) in [4.78, 5) is 8.37. The van der Waals surface area contributed by atoms with E-state index in [0.717, 1.165) is 44.1 Å². The second-order valence-electron chi connectivity index (χ2n) is 7.14. The van der Waals surface area contributed by atoms with Crippen LogP contribution in [-0.2, 0) is 0 Å². The van der Waals surface area contributed by atoms with Crippen LogP contribution in [0.25, 0.3) is 22.5 Å². The van der Waals surface area contributed by atoms with Gasteiger partial charge < -0.3 is 0 Å². The van der Waals surface area contributed by atoms with Gasteiger partial charge in [-0.15, -0.1) is 23.5 Å². The number of nitrogens with zero attached hydrogens (tertiary/aromatic N) is 6. The molecule has 166 valence electrons. The number of hydrogen-bond donors (Lipinski definition) is 0. The van der Waals surface area contributed by atoms with E-state index in [4.69, 9.17) is 0 Å². The molecule has 4 heterocycles. The molecule has 0 spiro atoms. The van der Waals surface area contributed by atoms with Gasteiger partial charge in [0.05, 0.1) is 23.5 Å². The standard InChI is InChI=1S/C22H24N6S4/c1(3-5-13-29-21-19(25-31-27-21)17-9-7-11-23-15-17)2-4-6-14-30-22-20(26-32-28-22)18-10-8-12-24-16-18/h7-12,15-16H,1-6,13-14H2. The molecule has 0 amide bonds. The third-order valence-corrected chi connectivity index (χ3v) is 8.19. The SMILES string of the molecule is c1cncc(-c2nsnc2SCCCCCCCCSc2nsnc2-c2cccnc2)c1. The van der Waals surface area contributed by atoms with Crippen LogP contribution in [0.3, 0.4) is 0 Å². The Morgan fingerprint density at radius 2 is 1.06 bits per heavy atom. The van der Waals surface area contributed by atoms with Gasteiger partial charge in [0.1, 0.15) is 21.4 Å². The van der Waals surface area contributed by atoms with E-state index in [-0.39, 0.29) is 0 Å². The molecule has 10 heteroatoms. The number of thioether (sulfide) groups is 2. The molecule has 0 unspecified atom stereocenters. The minimum Gasteiger partial charge on any atom is -0.264 e. The zero-order valence-electron chi connectivity index (χ0n) is 17.6. The number of rotatable bonds is 13. The van der Waals surface area contributed by atoms with E-state index in [0.29, 0.717) is 0 Å². The van der Waals surface area contributed by atoms with Gasteiger partial charge in [-0.05, 0) is 48.6 Å². The lowest BCUT2D eigenvalue weighted by molar-refractivity contribution is 0.629. The monoisotopic (exact) mass is 500 g/mol. The Balaban J connectivity index is 1.06. The fourth-order valence-electron chi connectivity index (χ4n) is 3.16. The second-order valence-corrected chi connectivity index (χ2v) is 10.4. The van der Waals surface area contributed by atoms with Crippen molar-refractivity contribution in [3.8, 4) is 22.5 Å². The summed E-state index contributed by atoms with van der Waals surface area (Å²) in [5, 5.41) is 2.06. The van der Waals surface area contributed by atoms with E-state index in [1.54, 1.807) is 12.4 Å². The molecule has 0 N–H and O–H groups in total. The fraction of sp³-hybridized carbons (Fsp3) is 0.364. The molecule has 32 heavy (non-hydrogen) atoms. The fourth-order valence-corrected chi connectivity index (χ4v) is 6.53. The lowest BCUT2D eigenvalue weighted by Gasteiger charge is -2.03. The molecular formula is C22H24N6S4. The predicted octanol–water partition coefficient (Wildman–Crippen LogP) is 6.74. The van der Waals surface area contributed by atoms with Gasteiger partial charge in [0.15, 0.2) is 0 Å². The van der Waals surface area contributed by atoms with Crippen LogP contribution in [0.1, 0.15) is 38.5 Å². The molecule has 0 saturated heterocycles. The molecular weight excluding hydrogens is 477 g/mol. The molecule has 4 aromatic rings. The summed E-state index contributed by atoms with van der Waals surface area (Å²) >= 11 is 6.17. The van der Waals surface area contributed by atoms with Gasteiger partial charge in [-0.1, -0.05) is 25.7 Å². The number of aromatic nitrogens is 6. The Hall–Kier alpha value is -1.88. The van der Waals surface area contributed by atoms with Gasteiger partial charge in [-0.2, -0.15) is 17.5 Å². The molecule has 0 aliphatic rings. The Kier molecular flexibility index (Phi) is 9.44. The summed E-state index contributed by atoms with van der Waals surface area (Å²) in [6.45, 7) is 0. The Morgan fingerprint density at radius 3 is 1.50 bits per heavy atom. The van der Waals surface area contributed by atoms with Crippen LogP contribution < -0.4 is 0 Å². The van der Waals surface area contributed by atoms with Crippen molar-refractivity contribution < 1.29 is 0 Å². The molecule has 4 rings (SSSR count). The van der Waals surface area contributed by atoms with E-state index < -0.39 is 0 Å². The normalized spacial score (nSPS) is 11.1. The summed E-state index contributed by atoms with van der Waals surface area (Å²) < 4.78 is 17.8. The lowest BCUT2D eigenvalue weighted by atomic mass is 10.1. The van der Waals surface area contributed by atoms with Gasteiger partial charge >= 0.3 is 0 Å². The Morgan fingerprint density at radius 1 is 0.594 bits per heavy atom. The first kappa shape index (κ1) is 23.3. The Bertz CT molecular complexity index is 969. The van der Waals surface area contributed by atoms with Crippen molar-refractivity contribution in [1.29, 1.82) is 0 Å². The van der Waals surface area contributed by atoms with E-state index in [2.05, 4.69) is 27.5 Å². The van der Waals surface area contributed by atoms with Crippen molar-refractivity contribution in [2.75, 3.05) is 11.5 Å². The van der Waals surface area contributed by atoms with Crippen LogP contribution in [0.2, 0.25) is 0 Å². The van der Waals surface area contributed by atoms with Crippen LogP contribution in [0.15, 0.2) is 59.1 Å². The highest BCUT2D eigenvalue weighted by Gasteiger charge is 2.12. The smallest absolute Gasteiger partial charge is 0.138 e. The van der Waals surface area contributed by atoms with Gasteiger partial charge in [0, 0.05) is 35.9 Å². The molecule has 0 aliphatic carbocycles. The van der Waals surface area contributed by atoms with Crippen molar-refractivity contribution in [3.63, 3.8) is 0 Å². The summed E-state index contributed by atoms with van der Waals surface area (Å²) in [6, 6.07) is 7.96. The molecule has 6 nitrogen and oxygen atoms in total. The van der Waals surface area contributed by atoms with Crippen molar-refractivity contribution >= 4 is 47.0 Å². The molecule has 0 saturated carbocycles. The third-order valence-electron chi connectivity index (χ3n) is 4.80. The highest BCUT2D eigenvalue weighted by Crippen LogP contribution is 2.31. The first-order valence-corrected chi connectivity index (χ1v) is 14.1. The van der Waals surface area contributed by atoms with Gasteiger partial charge in [-0.3, -0.25) is 9.97 Å². The van der Waals surface area contributed by atoms with Crippen molar-refractivity contribution in [2.45, 2.75) is 48.6 Å². The van der Waals surface area contributed by atoms with E-state index in [9.17, 15) is 0 Å². The highest BCUT2D eigenvalue weighted by molar-refractivity contribution is 7.99. The highest BCUT2D eigenvalue weighted by atomic mass is 32.2. The largest absolute Gasteiger partial charge is 0.264 e. The third kappa shape index (κ3) is 6.81. The number of hydrogen-bond acceptors (Lipinski definition) is 10. The molecule has 0 bridgehead atoms. The van der Waals surface area contributed by atoms with Crippen molar-refractivity contribution in [2.24, 2.45) is 0 Å². The summed E-state index contributed by atoms with van der Waals surface area (Å²) in [6.07, 6.45) is 14.8. The Labute approximate surface area is 205 Å². The van der Waals surface area contributed by atoms with Gasteiger partial charge in [-0.25, -0.2) is 0 Å². The topological polar surface area (TPSA) is 77.3 Å². The molecule has 0 fully saturated rings. The van der Waals surface area contributed by atoms with E-state index in [1.165, 1.54) is 62.0 Å². The van der Waals surface area contributed by atoms with E-state index >= 15 is 0 Å². The maximum absolute atomic E-state index is 4.46. The van der Waals surface area contributed by atoms with Crippen LogP contribution in [0.5, 0.6) is 0 Å². The van der Waals surface area contributed by atoms with Crippen LogP contribution in [-0.4, -0.2) is 39.0 Å². The quantitative estimate of drug-likeness (QED) is 0.148. The summed E-state index contributed by atoms with van der Waals surface area (Å²) in [7, 11) is 0. The van der Waals surface area contributed by atoms with Crippen LogP contribution in [0, 0.1) is 0 Å². The second kappa shape index (κ2) is 13.0. The maximum Gasteiger partial charge on any atom is 0.138 e. The molecule has 0 radical (unpaired) electrons. The van der Waals surface area contributed by atoms with E-state index in [1.807, 2.05) is 60.2 Å². The minimum absolute atomic E-state index is 0.965. The summed E-state index contributed by atoms with van der Waals surface area (Å²) in [5.41, 5.74) is 4.02. The molecule has 0 aliphatic heterocycles. The van der Waals surface area contributed by atoms with Gasteiger partial charge in [0.2, 0.25) is 0 Å². The zero-order valence-corrected chi connectivity index (χ0v) is 20.9. The lowest BCUT2D eigenvalue weighted by Crippen LogP contribution is -1.87. The summed E-state index contributed by atoms with van der Waals surface area (Å²) in [5.74, 6) is 2.17. The van der Waals surface area contributed by atoms with Crippen molar-refractivity contribution in [3.05, 3.63) is 49.1 Å². The minimum atomic E-state index is 0.965. The number of unbranched alkanes of at least 4 members (excludes halogenated alkanes) is 5. The zero-order chi connectivity index (χ0) is 21.8. The molecule has 0 atom stereocenters. The number of pyridine rings is 2. The maximum atomic E-state index is 4.46.